The maximum atomic E-state index is 12.7. The first-order valence-electron chi connectivity index (χ1n) is 16.1. The predicted octanol–water partition coefficient (Wildman–Crippen LogP) is 6.96. The molecule has 0 spiro atoms. The van der Waals surface area contributed by atoms with E-state index in [0.717, 1.165) is 66.3 Å². The van der Waals surface area contributed by atoms with Gasteiger partial charge in [0.1, 0.15) is 11.6 Å². The minimum absolute atomic E-state index is 0.0384. The van der Waals surface area contributed by atoms with Gasteiger partial charge in [-0.2, -0.15) is 0 Å². The molecule has 0 amide bonds. The summed E-state index contributed by atoms with van der Waals surface area (Å²) in [6.45, 7) is 7.35. The monoisotopic (exact) mass is 597 g/mol. The van der Waals surface area contributed by atoms with Gasteiger partial charge in [-0.1, -0.05) is 37.5 Å². The molecule has 1 aliphatic heterocycles. The Labute approximate surface area is 259 Å². The van der Waals surface area contributed by atoms with E-state index < -0.39 is 0 Å². The van der Waals surface area contributed by atoms with Gasteiger partial charge in [-0.3, -0.25) is 9.74 Å². The molecule has 7 nitrogen and oxygen atoms in total. The fourth-order valence-corrected chi connectivity index (χ4v) is 6.75. The van der Waals surface area contributed by atoms with Gasteiger partial charge in [-0.25, -0.2) is 4.98 Å². The molecule has 2 fully saturated rings. The van der Waals surface area contributed by atoms with Crippen LogP contribution in [0.4, 0.5) is 10.2 Å². The molecule has 2 heterocycles. The van der Waals surface area contributed by atoms with Gasteiger partial charge in [0.2, 0.25) is 0 Å². The molecule has 6 rings (SSSR count). The highest BCUT2D eigenvalue weighted by molar-refractivity contribution is 5.82. The molecule has 44 heavy (non-hydrogen) atoms. The van der Waals surface area contributed by atoms with E-state index in [1.807, 2.05) is 12.1 Å². The molecule has 232 valence electrons. The molecule has 1 N–H and O–H groups in total. The number of anilines is 1. The Morgan fingerprint density at radius 1 is 0.977 bits per heavy atom. The van der Waals surface area contributed by atoms with E-state index in [0.29, 0.717) is 18.9 Å². The summed E-state index contributed by atoms with van der Waals surface area (Å²) in [6, 6.07) is 22.1. The third kappa shape index (κ3) is 7.13. The molecule has 3 aromatic carbocycles. The summed E-state index contributed by atoms with van der Waals surface area (Å²) in [7, 11) is 2.17. The standard InChI is InChI=1S/C36H44FN5O2/c1-26(43)22-33(38-24-27-6-4-3-5-7-27)30-12-17-35-34(23-30)39-36(42(35)25-28-8-15-32(44-37)16-9-28)29-10-13-31(14-11-29)41-20-18-40(2)19-21-41/h8-17,23,27,33,38H,3-7,18-22,24-25H2,1-2H3. The number of nitrogens with one attached hydrogen (secondary N) is 1. The second-order valence-corrected chi connectivity index (χ2v) is 12.7. The Kier molecular flexibility index (Phi) is 9.57. The predicted molar refractivity (Wildman–Crippen MR) is 175 cm³/mol. The van der Waals surface area contributed by atoms with Crippen LogP contribution < -0.4 is 15.2 Å². The first-order valence-corrected chi connectivity index (χ1v) is 16.1. The Balaban J connectivity index is 1.32. The lowest BCUT2D eigenvalue weighted by Crippen LogP contribution is -2.44. The molecule has 2 aliphatic rings. The number of rotatable bonds is 11. The minimum Gasteiger partial charge on any atom is -0.369 e. The van der Waals surface area contributed by atoms with Crippen molar-refractivity contribution >= 4 is 22.5 Å². The van der Waals surface area contributed by atoms with Crippen LogP contribution >= 0.6 is 0 Å². The van der Waals surface area contributed by atoms with Crippen molar-refractivity contribution in [1.29, 1.82) is 0 Å². The number of fused-ring (bicyclic) bond motifs is 1. The number of ketones is 1. The van der Waals surface area contributed by atoms with E-state index in [1.165, 1.54) is 37.8 Å². The van der Waals surface area contributed by atoms with Crippen molar-refractivity contribution in [3.05, 3.63) is 77.9 Å². The molecular formula is C36H44FN5O2. The van der Waals surface area contributed by atoms with E-state index in [4.69, 9.17) is 4.98 Å². The maximum absolute atomic E-state index is 12.7. The Morgan fingerprint density at radius 2 is 1.70 bits per heavy atom. The van der Waals surface area contributed by atoms with Crippen LogP contribution in [-0.2, 0) is 11.3 Å². The van der Waals surface area contributed by atoms with Gasteiger partial charge in [0.25, 0.3) is 0 Å². The van der Waals surface area contributed by atoms with Crippen LogP contribution in [0.25, 0.3) is 22.4 Å². The van der Waals surface area contributed by atoms with Crippen molar-refractivity contribution < 1.29 is 14.3 Å². The number of Topliss-reactive ketones (excluding diaryl/α,β-unsaturated/α-hetero) is 1. The Morgan fingerprint density at radius 3 is 2.39 bits per heavy atom. The van der Waals surface area contributed by atoms with Crippen molar-refractivity contribution in [2.24, 2.45) is 5.92 Å². The highest BCUT2D eigenvalue weighted by Gasteiger charge is 2.21. The normalized spacial score (nSPS) is 17.2. The molecule has 0 radical (unpaired) electrons. The summed E-state index contributed by atoms with van der Waals surface area (Å²) < 4.78 is 14.9. The lowest BCUT2D eigenvalue weighted by molar-refractivity contribution is -0.117. The number of piperazine rings is 1. The van der Waals surface area contributed by atoms with E-state index >= 15 is 0 Å². The van der Waals surface area contributed by atoms with Gasteiger partial charge in [-0.05, 0) is 98.9 Å². The zero-order valence-corrected chi connectivity index (χ0v) is 26.0. The number of benzene rings is 3. The second-order valence-electron chi connectivity index (χ2n) is 12.7. The second kappa shape index (κ2) is 13.9. The fraction of sp³-hybridized carbons (Fsp3) is 0.444. The van der Waals surface area contributed by atoms with E-state index in [2.05, 4.69) is 74.1 Å². The molecule has 1 saturated carbocycles. The molecule has 0 bridgehead atoms. The number of hydrogen-bond donors (Lipinski definition) is 1. The number of carbonyl (C=O) groups excluding carboxylic acids is 1. The molecule has 1 aromatic heterocycles. The topological polar surface area (TPSA) is 62.6 Å². The van der Waals surface area contributed by atoms with E-state index in [1.54, 1.807) is 19.1 Å². The van der Waals surface area contributed by atoms with Crippen LogP contribution in [0.5, 0.6) is 5.75 Å². The summed E-state index contributed by atoms with van der Waals surface area (Å²) in [4.78, 5) is 26.2. The number of imidazole rings is 1. The van der Waals surface area contributed by atoms with Crippen molar-refractivity contribution in [2.45, 2.75) is 58.0 Å². The molecule has 1 atom stereocenters. The molecule has 1 saturated heterocycles. The van der Waals surface area contributed by atoms with E-state index in [9.17, 15) is 9.32 Å². The van der Waals surface area contributed by atoms with Crippen molar-refractivity contribution in [3.63, 3.8) is 0 Å². The zero-order chi connectivity index (χ0) is 30.5. The van der Waals surface area contributed by atoms with Crippen LogP contribution in [0.15, 0.2) is 66.7 Å². The van der Waals surface area contributed by atoms with Gasteiger partial charge in [0, 0.05) is 61.0 Å². The molecule has 8 heteroatoms. The summed E-state index contributed by atoms with van der Waals surface area (Å²) in [5.41, 5.74) is 6.30. The fourth-order valence-electron chi connectivity index (χ4n) is 6.75. The number of likely N-dealkylation sites (N-methyl/N-ethyl adjacent to an activating group) is 1. The minimum atomic E-state index is -0.0384. The van der Waals surface area contributed by atoms with Crippen LogP contribution in [-0.4, -0.2) is 60.0 Å². The number of carbonyl (C=O) groups is 1. The van der Waals surface area contributed by atoms with Gasteiger partial charge in [0.05, 0.1) is 11.0 Å². The average molecular weight is 598 g/mol. The van der Waals surface area contributed by atoms with Crippen molar-refractivity contribution in [1.82, 2.24) is 19.8 Å². The van der Waals surface area contributed by atoms with Crippen LogP contribution in [0.3, 0.4) is 0 Å². The smallest absolute Gasteiger partial charge is 0.171 e. The summed E-state index contributed by atoms with van der Waals surface area (Å²) >= 11 is 0. The van der Waals surface area contributed by atoms with Crippen LogP contribution in [0.1, 0.15) is 62.6 Å². The van der Waals surface area contributed by atoms with Gasteiger partial charge in [-0.15, -0.1) is 0 Å². The summed E-state index contributed by atoms with van der Waals surface area (Å²) in [5.74, 6) is 1.92. The summed E-state index contributed by atoms with van der Waals surface area (Å²) in [5, 5.41) is 3.74. The van der Waals surface area contributed by atoms with Gasteiger partial charge in [0.15, 0.2) is 5.75 Å². The largest absolute Gasteiger partial charge is 0.369 e. The zero-order valence-electron chi connectivity index (χ0n) is 26.0. The molecule has 4 aromatic rings. The molecular weight excluding hydrogens is 553 g/mol. The van der Waals surface area contributed by atoms with Crippen molar-refractivity contribution in [3.8, 4) is 17.1 Å². The van der Waals surface area contributed by atoms with Gasteiger partial charge < -0.3 is 19.7 Å². The lowest BCUT2D eigenvalue weighted by Gasteiger charge is -2.34. The maximum Gasteiger partial charge on any atom is 0.171 e. The highest BCUT2D eigenvalue weighted by atomic mass is 19.3. The lowest BCUT2D eigenvalue weighted by atomic mass is 9.89. The number of hydrogen-bond acceptors (Lipinski definition) is 6. The number of halogens is 1. The number of nitrogens with zero attached hydrogens (tertiary/aromatic N) is 4. The Bertz CT molecular complexity index is 1540. The SMILES string of the molecule is CC(=O)CC(NCC1CCCCC1)c1ccc2c(c1)nc(-c1ccc(N3CCN(C)CC3)cc1)n2Cc1ccc(OF)cc1. The number of aromatic nitrogens is 2. The average Bonchev–Trinajstić information content (AvgIpc) is 3.41. The van der Waals surface area contributed by atoms with Crippen molar-refractivity contribution in [2.75, 3.05) is 44.7 Å². The summed E-state index contributed by atoms with van der Waals surface area (Å²) in [6.07, 6.45) is 6.92. The van der Waals surface area contributed by atoms with Crippen LogP contribution in [0.2, 0.25) is 0 Å². The molecule has 1 aliphatic carbocycles. The first-order chi connectivity index (χ1) is 21.5. The highest BCUT2D eigenvalue weighted by Crippen LogP contribution is 2.31. The third-order valence-electron chi connectivity index (χ3n) is 9.39. The first kappa shape index (κ1) is 30.3. The quantitative estimate of drug-likeness (QED) is 0.202. The third-order valence-corrected chi connectivity index (χ3v) is 9.39. The van der Waals surface area contributed by atoms with Crippen LogP contribution in [0, 0.1) is 5.92 Å². The Hall–Kier alpha value is -3.75. The molecule has 1 unspecified atom stereocenters. The van der Waals surface area contributed by atoms with Gasteiger partial charge >= 0.3 is 0 Å². The van der Waals surface area contributed by atoms with E-state index in [-0.39, 0.29) is 17.6 Å².